The molecule has 2 rings (SSSR count). The highest BCUT2D eigenvalue weighted by Crippen LogP contribution is 2.41. The Morgan fingerprint density at radius 1 is 1.37 bits per heavy atom. The molecule has 0 N–H and O–H groups in total. The number of halogens is 1. The molecule has 0 saturated heterocycles. The average molecular weight is 281 g/mol. The van der Waals surface area contributed by atoms with Crippen LogP contribution < -0.4 is 0 Å². The van der Waals surface area contributed by atoms with Crippen molar-refractivity contribution in [2.24, 2.45) is 5.41 Å². The second kappa shape index (κ2) is 6.42. The van der Waals surface area contributed by atoms with Crippen LogP contribution >= 0.6 is 11.6 Å². The zero-order valence-corrected chi connectivity index (χ0v) is 12.2. The summed E-state index contributed by atoms with van der Waals surface area (Å²) in [6.07, 6.45) is 7.42. The van der Waals surface area contributed by atoms with Crippen LogP contribution in [0.5, 0.6) is 0 Å². The Morgan fingerprint density at radius 3 is 2.79 bits per heavy atom. The Morgan fingerprint density at radius 2 is 2.11 bits per heavy atom. The maximum atomic E-state index is 11.8. The second-order valence-electron chi connectivity index (χ2n) is 5.77. The number of hydrogen-bond donors (Lipinski definition) is 0. The van der Waals surface area contributed by atoms with E-state index in [-0.39, 0.29) is 5.97 Å². The van der Waals surface area contributed by atoms with Gasteiger partial charge in [0.05, 0.1) is 12.2 Å². The van der Waals surface area contributed by atoms with Gasteiger partial charge in [-0.3, -0.25) is 0 Å². The van der Waals surface area contributed by atoms with Crippen LogP contribution in [0.1, 0.15) is 55.8 Å². The van der Waals surface area contributed by atoms with E-state index in [0.717, 1.165) is 12.8 Å². The molecule has 0 bridgehead atoms. The predicted octanol–water partition coefficient (Wildman–Crippen LogP) is 4.86. The van der Waals surface area contributed by atoms with E-state index in [1.165, 1.54) is 25.7 Å². The van der Waals surface area contributed by atoms with Gasteiger partial charge >= 0.3 is 5.97 Å². The van der Waals surface area contributed by atoms with Crippen LogP contribution in [-0.4, -0.2) is 12.6 Å². The predicted molar refractivity (Wildman–Crippen MR) is 77.5 cm³/mol. The summed E-state index contributed by atoms with van der Waals surface area (Å²) in [6.45, 7) is 2.85. The molecule has 0 aliphatic heterocycles. The molecule has 0 aromatic heterocycles. The van der Waals surface area contributed by atoms with Gasteiger partial charge in [0.25, 0.3) is 0 Å². The molecule has 0 amide bonds. The molecule has 0 radical (unpaired) electrons. The van der Waals surface area contributed by atoms with E-state index >= 15 is 0 Å². The van der Waals surface area contributed by atoms with E-state index in [1.807, 2.05) is 0 Å². The van der Waals surface area contributed by atoms with Crippen molar-refractivity contribution in [3.63, 3.8) is 0 Å². The van der Waals surface area contributed by atoms with E-state index in [9.17, 15) is 4.79 Å². The fourth-order valence-electron chi connectivity index (χ4n) is 2.84. The lowest BCUT2D eigenvalue weighted by atomic mass is 9.84. The van der Waals surface area contributed by atoms with Gasteiger partial charge in [-0.05, 0) is 49.3 Å². The lowest BCUT2D eigenvalue weighted by molar-refractivity contribution is 0.0484. The molecular formula is C16H21ClO2. The van der Waals surface area contributed by atoms with Gasteiger partial charge in [-0.1, -0.05) is 37.4 Å². The highest BCUT2D eigenvalue weighted by atomic mass is 35.5. The van der Waals surface area contributed by atoms with Crippen LogP contribution in [0.3, 0.4) is 0 Å². The van der Waals surface area contributed by atoms with Gasteiger partial charge in [-0.25, -0.2) is 4.79 Å². The third kappa shape index (κ3) is 4.24. The average Bonchev–Trinajstić information content (AvgIpc) is 2.82. The maximum Gasteiger partial charge on any atom is 0.338 e. The third-order valence-corrected chi connectivity index (χ3v) is 4.26. The lowest BCUT2D eigenvalue weighted by Crippen LogP contribution is -2.13. The van der Waals surface area contributed by atoms with Crippen molar-refractivity contribution in [1.82, 2.24) is 0 Å². The molecule has 1 saturated carbocycles. The fourth-order valence-corrected chi connectivity index (χ4v) is 3.03. The number of rotatable bonds is 5. The van der Waals surface area contributed by atoms with Gasteiger partial charge in [-0.2, -0.15) is 0 Å². The molecular weight excluding hydrogens is 260 g/mol. The Labute approximate surface area is 120 Å². The zero-order valence-electron chi connectivity index (χ0n) is 11.5. The molecule has 0 atom stereocenters. The summed E-state index contributed by atoms with van der Waals surface area (Å²) in [5.41, 5.74) is 1.00. The van der Waals surface area contributed by atoms with Gasteiger partial charge in [0.1, 0.15) is 0 Å². The first kappa shape index (κ1) is 14.4. The smallest absolute Gasteiger partial charge is 0.338 e. The number of carbonyl (C=O) groups is 1. The molecule has 0 spiro atoms. The largest absolute Gasteiger partial charge is 0.462 e. The first-order valence-corrected chi connectivity index (χ1v) is 7.40. The minimum absolute atomic E-state index is 0.279. The van der Waals surface area contributed by atoms with Crippen molar-refractivity contribution in [3.05, 3.63) is 34.9 Å². The van der Waals surface area contributed by atoms with Crippen molar-refractivity contribution in [2.75, 3.05) is 6.61 Å². The van der Waals surface area contributed by atoms with Crippen LogP contribution in [0.15, 0.2) is 24.3 Å². The first-order valence-electron chi connectivity index (χ1n) is 7.02. The number of ether oxygens (including phenoxy) is 1. The van der Waals surface area contributed by atoms with Crippen molar-refractivity contribution in [1.29, 1.82) is 0 Å². The highest BCUT2D eigenvalue weighted by molar-refractivity contribution is 6.30. The number of esters is 1. The monoisotopic (exact) mass is 280 g/mol. The summed E-state index contributed by atoms with van der Waals surface area (Å²) >= 11 is 5.85. The molecule has 1 aliphatic rings. The van der Waals surface area contributed by atoms with Gasteiger partial charge < -0.3 is 4.74 Å². The number of hydrogen-bond acceptors (Lipinski definition) is 2. The topological polar surface area (TPSA) is 26.3 Å². The summed E-state index contributed by atoms with van der Waals surface area (Å²) in [4.78, 5) is 11.8. The van der Waals surface area contributed by atoms with E-state index in [0.29, 0.717) is 22.6 Å². The SMILES string of the molecule is CC1(CCCOC(=O)c2cccc(Cl)c2)CCCC1. The number of carbonyl (C=O) groups excluding carboxylic acids is 1. The lowest BCUT2D eigenvalue weighted by Gasteiger charge is -2.22. The summed E-state index contributed by atoms with van der Waals surface area (Å²) in [5.74, 6) is -0.279. The van der Waals surface area contributed by atoms with E-state index in [1.54, 1.807) is 24.3 Å². The van der Waals surface area contributed by atoms with Gasteiger partial charge in [0, 0.05) is 5.02 Å². The minimum atomic E-state index is -0.279. The summed E-state index contributed by atoms with van der Waals surface area (Å²) in [5, 5.41) is 0.563. The van der Waals surface area contributed by atoms with E-state index in [4.69, 9.17) is 16.3 Å². The first-order chi connectivity index (χ1) is 9.09. The Hall–Kier alpha value is -1.02. The minimum Gasteiger partial charge on any atom is -0.462 e. The van der Waals surface area contributed by atoms with E-state index in [2.05, 4.69) is 6.92 Å². The van der Waals surface area contributed by atoms with Crippen LogP contribution in [-0.2, 0) is 4.74 Å². The van der Waals surface area contributed by atoms with Gasteiger partial charge in [0.2, 0.25) is 0 Å². The third-order valence-electron chi connectivity index (χ3n) is 4.03. The summed E-state index contributed by atoms with van der Waals surface area (Å²) < 4.78 is 5.29. The van der Waals surface area contributed by atoms with Gasteiger partial charge in [0.15, 0.2) is 0 Å². The van der Waals surface area contributed by atoms with Crippen molar-refractivity contribution < 1.29 is 9.53 Å². The molecule has 0 heterocycles. The highest BCUT2D eigenvalue weighted by Gasteiger charge is 2.27. The van der Waals surface area contributed by atoms with Crippen molar-refractivity contribution >= 4 is 17.6 Å². The Kier molecular flexibility index (Phi) is 4.87. The van der Waals surface area contributed by atoms with Crippen LogP contribution in [0.25, 0.3) is 0 Å². The molecule has 19 heavy (non-hydrogen) atoms. The summed E-state index contributed by atoms with van der Waals surface area (Å²) in [7, 11) is 0. The number of benzene rings is 1. The van der Waals surface area contributed by atoms with Crippen molar-refractivity contribution in [2.45, 2.75) is 45.4 Å². The Bertz CT molecular complexity index is 436. The van der Waals surface area contributed by atoms with Gasteiger partial charge in [-0.15, -0.1) is 0 Å². The van der Waals surface area contributed by atoms with Crippen LogP contribution in [0, 0.1) is 5.41 Å². The molecule has 1 aliphatic carbocycles. The zero-order chi connectivity index (χ0) is 13.7. The Balaban J connectivity index is 1.72. The van der Waals surface area contributed by atoms with Crippen LogP contribution in [0.4, 0.5) is 0 Å². The molecule has 3 heteroatoms. The fraction of sp³-hybridized carbons (Fsp3) is 0.562. The molecule has 2 nitrogen and oxygen atoms in total. The molecule has 104 valence electrons. The van der Waals surface area contributed by atoms with E-state index < -0.39 is 0 Å². The summed E-state index contributed by atoms with van der Waals surface area (Å²) in [6, 6.07) is 6.88. The molecule has 1 fully saturated rings. The quantitative estimate of drug-likeness (QED) is 0.569. The second-order valence-corrected chi connectivity index (χ2v) is 6.20. The molecule has 1 aromatic carbocycles. The molecule has 1 aromatic rings. The normalized spacial score (nSPS) is 17.4. The standard InChI is InChI=1S/C16H21ClO2/c1-16(8-2-3-9-16)10-5-11-19-15(18)13-6-4-7-14(17)12-13/h4,6-7,12H,2-3,5,8-11H2,1H3. The molecule has 0 unspecified atom stereocenters. The maximum absolute atomic E-state index is 11.8. The van der Waals surface area contributed by atoms with Crippen molar-refractivity contribution in [3.8, 4) is 0 Å². The van der Waals surface area contributed by atoms with Crippen LogP contribution in [0.2, 0.25) is 5.02 Å².